The summed E-state index contributed by atoms with van der Waals surface area (Å²) in [7, 11) is 0. The van der Waals surface area contributed by atoms with Gasteiger partial charge in [0.15, 0.2) is 0 Å². The van der Waals surface area contributed by atoms with Gasteiger partial charge < -0.3 is 24.8 Å². The summed E-state index contributed by atoms with van der Waals surface area (Å²) in [4.78, 5) is 0. The summed E-state index contributed by atoms with van der Waals surface area (Å²) in [6, 6.07) is 32.7. The first-order valence-electron chi connectivity index (χ1n) is 15.6. The van der Waals surface area contributed by atoms with E-state index in [1.807, 2.05) is 0 Å². The predicted molar refractivity (Wildman–Crippen MR) is 186 cm³/mol. The summed E-state index contributed by atoms with van der Waals surface area (Å²) in [6.07, 6.45) is 10.4. The van der Waals surface area contributed by atoms with Gasteiger partial charge in [-0.2, -0.15) is 11.6 Å². The molecule has 5 aromatic rings. The van der Waals surface area contributed by atoms with Crippen LogP contribution in [0.15, 0.2) is 109 Å². The Morgan fingerprint density at radius 2 is 1.13 bits per heavy atom. The van der Waals surface area contributed by atoms with Crippen LogP contribution in [0.25, 0.3) is 21.5 Å². The zero-order chi connectivity index (χ0) is 31.1. The van der Waals surface area contributed by atoms with Crippen molar-refractivity contribution in [2.24, 2.45) is 11.3 Å². The molecule has 3 heteroatoms. The molecule has 0 aliphatic heterocycles. The van der Waals surface area contributed by atoms with E-state index in [1.54, 1.807) is 0 Å². The minimum atomic E-state index is 0. The molecule has 1 unspecified atom stereocenters. The predicted octanol–water partition coefficient (Wildman–Crippen LogP) is 5.50. The van der Waals surface area contributed by atoms with Gasteiger partial charge in [-0.25, -0.2) is 6.08 Å². The van der Waals surface area contributed by atoms with Gasteiger partial charge in [0.05, 0.1) is 0 Å². The Morgan fingerprint density at radius 3 is 1.51 bits per heavy atom. The molecule has 6 rings (SSSR count). The van der Waals surface area contributed by atoms with Gasteiger partial charge in [0.2, 0.25) is 0 Å². The number of hydrogen-bond acceptors (Lipinski definition) is 0. The molecular formula is C42H46Cl2Zr-2. The van der Waals surface area contributed by atoms with E-state index >= 15 is 0 Å². The van der Waals surface area contributed by atoms with Gasteiger partial charge in [0.25, 0.3) is 0 Å². The van der Waals surface area contributed by atoms with Crippen LogP contribution in [0.5, 0.6) is 0 Å². The van der Waals surface area contributed by atoms with Crippen LogP contribution < -0.4 is 24.8 Å². The number of benzene rings is 4. The Bertz CT molecular complexity index is 1650. The molecule has 0 radical (unpaired) electrons. The number of halogens is 2. The third-order valence-electron chi connectivity index (χ3n) is 8.36. The summed E-state index contributed by atoms with van der Waals surface area (Å²) in [5.41, 5.74) is 9.92. The third kappa shape index (κ3) is 10.3. The molecule has 0 saturated carbocycles. The van der Waals surface area contributed by atoms with Gasteiger partial charge >= 0.3 is 99.2 Å². The molecule has 0 fully saturated rings. The second-order valence-electron chi connectivity index (χ2n) is 12.9. The zero-order valence-electron chi connectivity index (χ0n) is 28.1. The molecular weight excluding hydrogens is 667 g/mol. The molecule has 0 saturated heterocycles. The van der Waals surface area contributed by atoms with Crippen molar-refractivity contribution in [3.63, 3.8) is 0 Å². The quantitative estimate of drug-likeness (QED) is 0.216. The van der Waals surface area contributed by atoms with Crippen LogP contribution in [-0.2, 0) is 24.2 Å². The van der Waals surface area contributed by atoms with Gasteiger partial charge in [-0.3, -0.25) is 6.08 Å². The van der Waals surface area contributed by atoms with Crippen LogP contribution in [0.1, 0.15) is 73.9 Å². The fourth-order valence-corrected chi connectivity index (χ4v) is 6.20. The van der Waals surface area contributed by atoms with E-state index in [-0.39, 0.29) is 24.8 Å². The van der Waals surface area contributed by atoms with E-state index in [1.165, 1.54) is 101 Å². The van der Waals surface area contributed by atoms with E-state index in [9.17, 15) is 0 Å². The monoisotopic (exact) mass is 710 g/mol. The molecule has 5 aromatic carbocycles. The van der Waals surface area contributed by atoms with Gasteiger partial charge in [0.1, 0.15) is 0 Å². The van der Waals surface area contributed by atoms with Crippen LogP contribution in [0.4, 0.5) is 0 Å². The molecule has 1 atom stereocenters. The van der Waals surface area contributed by atoms with E-state index in [0.29, 0.717) is 11.3 Å². The Hall–Kier alpha value is -2.44. The number of allylic oxidation sites excluding steroid dienone is 4. The maximum absolute atomic E-state index is 3.40. The third-order valence-corrected chi connectivity index (χ3v) is 9.78. The van der Waals surface area contributed by atoms with Crippen molar-refractivity contribution in [2.45, 2.75) is 68.2 Å². The molecule has 45 heavy (non-hydrogen) atoms. The first-order chi connectivity index (χ1) is 20.5. The van der Waals surface area contributed by atoms with Crippen LogP contribution in [0.2, 0.25) is 0 Å². The number of hydrogen-bond donors (Lipinski definition) is 0. The number of aryl methyl sites for hydroxylation is 4. The van der Waals surface area contributed by atoms with Crippen molar-refractivity contribution in [3.05, 3.63) is 148 Å². The molecule has 0 aromatic heterocycles. The van der Waals surface area contributed by atoms with Crippen LogP contribution >= 0.6 is 0 Å². The number of fused-ring (bicyclic) bond motifs is 3. The minimum absolute atomic E-state index is 0. The number of rotatable bonds is 4. The standard InChI is InChI=1S/C17H17.C13H10.C12H19.2ClH.Zr/c1-10-5-14-9-15-6-11(2)13(4)8-17(15)16(14)7-12(10)3;1-3-7-12(8-4-1)11-13-9-5-2-6-10-13;1-5-6-10-7-8-11(9-10)12(2,3)4;;;/h5-9H,1-4H3;1-10H;8-10H,5-6H2,1-4H3;2*1H;/q-1;;-1;;;+2/p-2. The van der Waals surface area contributed by atoms with Gasteiger partial charge in [0, 0.05) is 0 Å². The molecule has 0 spiro atoms. The topological polar surface area (TPSA) is 0 Å². The van der Waals surface area contributed by atoms with Crippen molar-refractivity contribution in [2.75, 3.05) is 0 Å². The van der Waals surface area contributed by atoms with E-state index < -0.39 is 0 Å². The molecule has 0 nitrogen and oxygen atoms in total. The second-order valence-corrected chi connectivity index (χ2v) is 14.1. The SMILES string of the molecule is CCCC1[C-]=CC(C(C)(C)C)=C1.Cc1cc2[cH-]c3cc(C)c(C)cc3c2cc1C.[Cl-].[Cl-].[Zr+2]=[C](c1ccccc1)c1ccccc1. The summed E-state index contributed by atoms with van der Waals surface area (Å²) < 4.78 is 1.42. The molecule has 1 aliphatic rings. The molecule has 0 N–H and O–H groups in total. The van der Waals surface area contributed by atoms with Crippen molar-refractivity contribution in [3.8, 4) is 0 Å². The van der Waals surface area contributed by atoms with E-state index in [4.69, 9.17) is 0 Å². The first kappa shape index (κ1) is 38.7. The molecule has 0 bridgehead atoms. The average Bonchev–Trinajstić information content (AvgIpc) is 3.60. The van der Waals surface area contributed by atoms with Crippen molar-refractivity contribution in [1.29, 1.82) is 0 Å². The fraction of sp³-hybridized carbons (Fsp3) is 0.286. The summed E-state index contributed by atoms with van der Waals surface area (Å²) in [5.74, 6) is 0.587. The summed E-state index contributed by atoms with van der Waals surface area (Å²) in [6.45, 7) is 17.7. The fourth-order valence-electron chi connectivity index (χ4n) is 5.38. The zero-order valence-corrected chi connectivity index (χ0v) is 32.0. The Morgan fingerprint density at radius 1 is 0.711 bits per heavy atom. The molecule has 0 heterocycles. The molecule has 1 aliphatic carbocycles. The van der Waals surface area contributed by atoms with Gasteiger partial charge in [-0.15, -0.1) is 39.7 Å². The Labute approximate surface area is 299 Å². The van der Waals surface area contributed by atoms with Crippen LogP contribution in [0, 0.1) is 45.1 Å². The van der Waals surface area contributed by atoms with E-state index in [0.717, 1.165) is 0 Å². The van der Waals surface area contributed by atoms with Crippen molar-refractivity contribution in [1.82, 2.24) is 0 Å². The Balaban J connectivity index is 0.000000234. The summed E-state index contributed by atoms with van der Waals surface area (Å²) in [5, 5.41) is 5.53. The summed E-state index contributed by atoms with van der Waals surface area (Å²) >= 11 is 1.46. The molecule has 234 valence electrons. The normalized spacial score (nSPS) is 13.6. The first-order valence-corrected chi connectivity index (χ1v) is 16.8. The van der Waals surface area contributed by atoms with Gasteiger partial charge in [-0.1, -0.05) is 86.3 Å². The maximum atomic E-state index is 3.40. The van der Waals surface area contributed by atoms with Crippen molar-refractivity contribution < 1.29 is 49.0 Å². The second kappa shape index (κ2) is 17.5. The average molecular weight is 713 g/mol. The van der Waals surface area contributed by atoms with E-state index in [2.05, 4.69) is 165 Å². The van der Waals surface area contributed by atoms with Crippen LogP contribution in [0.3, 0.4) is 0 Å². The molecule has 0 amide bonds. The Kier molecular flexibility index (Phi) is 15.0. The van der Waals surface area contributed by atoms with Gasteiger partial charge in [-0.05, 0) is 27.7 Å². The van der Waals surface area contributed by atoms with Crippen LogP contribution in [-0.4, -0.2) is 3.21 Å². The van der Waals surface area contributed by atoms with Crippen molar-refractivity contribution >= 4 is 24.8 Å².